The third-order valence-corrected chi connectivity index (χ3v) is 4.20. The Bertz CT molecular complexity index is 762. The number of nitrogens with one attached hydrogen (secondary N) is 1. The molecule has 0 saturated heterocycles. The number of methoxy groups -OCH3 is 1. The summed E-state index contributed by atoms with van der Waals surface area (Å²) >= 11 is 0. The molecular weight excluding hydrogens is 332 g/mol. The van der Waals surface area contributed by atoms with Crippen molar-refractivity contribution in [3.05, 3.63) is 35.7 Å². The fourth-order valence-electron chi connectivity index (χ4n) is 2.86. The number of aryl methyl sites for hydroxylation is 1. The number of alkyl carbamates (subject to hydrolysis) is 1. The predicted molar refractivity (Wildman–Crippen MR) is 97.6 cm³/mol. The van der Waals surface area contributed by atoms with Crippen molar-refractivity contribution < 1.29 is 14.3 Å². The van der Waals surface area contributed by atoms with Crippen molar-refractivity contribution in [3.63, 3.8) is 0 Å². The van der Waals surface area contributed by atoms with E-state index in [1.807, 2.05) is 49.7 Å². The van der Waals surface area contributed by atoms with Gasteiger partial charge in [0.25, 0.3) is 0 Å². The number of rotatable bonds is 4. The first-order chi connectivity index (χ1) is 12.3. The van der Waals surface area contributed by atoms with Gasteiger partial charge in [-0.2, -0.15) is 5.10 Å². The molecule has 1 aromatic heterocycles. The molecule has 1 aliphatic heterocycles. The van der Waals surface area contributed by atoms with E-state index in [0.29, 0.717) is 6.54 Å². The molecule has 1 aromatic carbocycles. The van der Waals surface area contributed by atoms with E-state index in [2.05, 4.69) is 15.4 Å². The first-order valence-electron chi connectivity index (χ1n) is 8.87. The Balaban J connectivity index is 1.62. The lowest BCUT2D eigenvalue weighted by Gasteiger charge is -2.20. The van der Waals surface area contributed by atoms with Gasteiger partial charge in [0, 0.05) is 32.2 Å². The monoisotopic (exact) mass is 358 g/mol. The number of aromatic nitrogens is 3. The Kier molecular flexibility index (Phi) is 5.27. The van der Waals surface area contributed by atoms with Crippen molar-refractivity contribution in [1.29, 1.82) is 0 Å². The summed E-state index contributed by atoms with van der Waals surface area (Å²) in [5.74, 6) is 1.69. The van der Waals surface area contributed by atoms with E-state index in [0.717, 1.165) is 42.2 Å². The summed E-state index contributed by atoms with van der Waals surface area (Å²) in [5, 5.41) is 7.35. The normalized spacial score (nSPS) is 16.8. The van der Waals surface area contributed by atoms with Crippen LogP contribution in [0.2, 0.25) is 0 Å². The highest BCUT2D eigenvalue weighted by Crippen LogP contribution is 2.21. The van der Waals surface area contributed by atoms with Crippen LogP contribution in [0.15, 0.2) is 24.3 Å². The fraction of sp³-hybridized carbons (Fsp3) is 0.526. The molecule has 1 atom stereocenters. The SMILES string of the molecule is COC1CCn2nc(-c3ccc(CNC(=O)OC(C)(C)C)cc3)nc2C1. The molecule has 1 aliphatic rings. The molecule has 2 aromatic rings. The molecule has 140 valence electrons. The number of carbonyl (C=O) groups excluding carboxylic acids is 1. The van der Waals surface area contributed by atoms with Crippen LogP contribution in [-0.4, -0.2) is 39.7 Å². The van der Waals surface area contributed by atoms with Crippen LogP contribution in [0.1, 0.15) is 38.6 Å². The molecule has 0 bridgehead atoms. The van der Waals surface area contributed by atoms with E-state index < -0.39 is 11.7 Å². The van der Waals surface area contributed by atoms with Crippen LogP contribution in [0.4, 0.5) is 4.79 Å². The van der Waals surface area contributed by atoms with Gasteiger partial charge in [0.05, 0.1) is 6.10 Å². The second-order valence-corrected chi connectivity index (χ2v) is 7.48. The van der Waals surface area contributed by atoms with Crippen LogP contribution in [0.25, 0.3) is 11.4 Å². The number of fused-ring (bicyclic) bond motifs is 1. The molecule has 1 amide bonds. The maximum absolute atomic E-state index is 11.7. The lowest BCUT2D eigenvalue weighted by molar-refractivity contribution is 0.0523. The average molecular weight is 358 g/mol. The van der Waals surface area contributed by atoms with Crippen LogP contribution in [0, 0.1) is 0 Å². The summed E-state index contributed by atoms with van der Waals surface area (Å²) in [4.78, 5) is 16.4. The van der Waals surface area contributed by atoms with Gasteiger partial charge in [-0.15, -0.1) is 0 Å². The zero-order valence-corrected chi connectivity index (χ0v) is 15.8. The number of hydrogen-bond donors (Lipinski definition) is 1. The predicted octanol–water partition coefficient (Wildman–Crippen LogP) is 2.93. The molecule has 3 rings (SSSR count). The first-order valence-corrected chi connectivity index (χ1v) is 8.87. The average Bonchev–Trinajstić information content (AvgIpc) is 3.02. The summed E-state index contributed by atoms with van der Waals surface area (Å²) in [6, 6.07) is 7.87. The molecule has 0 aliphatic carbocycles. The van der Waals surface area contributed by atoms with Gasteiger partial charge in [-0.1, -0.05) is 24.3 Å². The fourth-order valence-corrected chi connectivity index (χ4v) is 2.86. The van der Waals surface area contributed by atoms with Gasteiger partial charge in [0.15, 0.2) is 5.82 Å². The highest BCUT2D eigenvalue weighted by molar-refractivity contribution is 5.67. The second-order valence-electron chi connectivity index (χ2n) is 7.48. The van der Waals surface area contributed by atoms with Crippen LogP contribution in [0.5, 0.6) is 0 Å². The summed E-state index contributed by atoms with van der Waals surface area (Å²) in [5.41, 5.74) is 1.45. The third-order valence-electron chi connectivity index (χ3n) is 4.20. The van der Waals surface area contributed by atoms with Crippen molar-refractivity contribution in [3.8, 4) is 11.4 Å². The number of benzene rings is 1. The van der Waals surface area contributed by atoms with Gasteiger partial charge in [-0.3, -0.25) is 0 Å². The Labute approximate surface area is 153 Å². The quantitative estimate of drug-likeness (QED) is 0.909. The van der Waals surface area contributed by atoms with E-state index in [-0.39, 0.29) is 6.10 Å². The van der Waals surface area contributed by atoms with Crippen molar-refractivity contribution in [2.45, 2.75) is 58.4 Å². The maximum atomic E-state index is 11.7. The minimum absolute atomic E-state index is 0.223. The molecule has 1 unspecified atom stereocenters. The van der Waals surface area contributed by atoms with Crippen molar-refractivity contribution >= 4 is 6.09 Å². The summed E-state index contributed by atoms with van der Waals surface area (Å²) < 4.78 is 12.6. The Morgan fingerprint density at radius 1 is 1.31 bits per heavy atom. The Morgan fingerprint density at radius 3 is 2.69 bits per heavy atom. The molecule has 2 heterocycles. The van der Waals surface area contributed by atoms with Crippen LogP contribution in [0.3, 0.4) is 0 Å². The zero-order valence-electron chi connectivity index (χ0n) is 15.8. The van der Waals surface area contributed by atoms with Gasteiger partial charge in [-0.05, 0) is 32.8 Å². The molecule has 26 heavy (non-hydrogen) atoms. The van der Waals surface area contributed by atoms with E-state index in [9.17, 15) is 4.79 Å². The van der Waals surface area contributed by atoms with E-state index in [1.54, 1.807) is 7.11 Å². The summed E-state index contributed by atoms with van der Waals surface area (Å²) in [6.45, 7) is 6.77. The van der Waals surface area contributed by atoms with Crippen LogP contribution in [-0.2, 0) is 29.0 Å². The minimum atomic E-state index is -0.498. The molecule has 0 spiro atoms. The van der Waals surface area contributed by atoms with Crippen LogP contribution < -0.4 is 5.32 Å². The zero-order chi connectivity index (χ0) is 18.7. The van der Waals surface area contributed by atoms with Gasteiger partial charge in [0.1, 0.15) is 11.4 Å². The maximum Gasteiger partial charge on any atom is 0.407 e. The standard InChI is InChI=1S/C19H26N4O3/c1-19(2,3)26-18(24)20-12-13-5-7-14(8-6-13)17-21-16-11-15(25-4)9-10-23(16)22-17/h5-8,15H,9-12H2,1-4H3,(H,20,24). The molecule has 7 nitrogen and oxygen atoms in total. The number of ether oxygens (including phenoxy) is 2. The Morgan fingerprint density at radius 2 is 2.04 bits per heavy atom. The lowest BCUT2D eigenvalue weighted by Crippen LogP contribution is -2.32. The van der Waals surface area contributed by atoms with E-state index in [4.69, 9.17) is 9.47 Å². The number of hydrogen-bond acceptors (Lipinski definition) is 5. The highest BCUT2D eigenvalue weighted by atomic mass is 16.6. The smallest absolute Gasteiger partial charge is 0.407 e. The number of nitrogens with zero attached hydrogens (tertiary/aromatic N) is 3. The second kappa shape index (κ2) is 7.45. The molecule has 1 N–H and O–H groups in total. The van der Waals surface area contributed by atoms with E-state index >= 15 is 0 Å². The summed E-state index contributed by atoms with van der Waals surface area (Å²) in [6.07, 6.45) is 1.56. The number of carbonyl (C=O) groups is 1. The molecule has 0 saturated carbocycles. The highest BCUT2D eigenvalue weighted by Gasteiger charge is 2.22. The third kappa shape index (κ3) is 4.60. The van der Waals surface area contributed by atoms with Gasteiger partial charge in [0.2, 0.25) is 0 Å². The van der Waals surface area contributed by atoms with Crippen molar-refractivity contribution in [2.75, 3.05) is 7.11 Å². The molecule has 0 radical (unpaired) electrons. The largest absolute Gasteiger partial charge is 0.444 e. The number of amides is 1. The van der Waals surface area contributed by atoms with Crippen LogP contribution >= 0.6 is 0 Å². The summed E-state index contributed by atoms with van der Waals surface area (Å²) in [7, 11) is 1.74. The Hall–Kier alpha value is -2.41. The van der Waals surface area contributed by atoms with Gasteiger partial charge in [-0.25, -0.2) is 14.5 Å². The van der Waals surface area contributed by atoms with Crippen molar-refractivity contribution in [1.82, 2.24) is 20.1 Å². The first kappa shape index (κ1) is 18.4. The lowest BCUT2D eigenvalue weighted by atomic mass is 10.1. The minimum Gasteiger partial charge on any atom is -0.444 e. The topological polar surface area (TPSA) is 78.3 Å². The molecular formula is C19H26N4O3. The molecule has 7 heteroatoms. The van der Waals surface area contributed by atoms with E-state index in [1.165, 1.54) is 0 Å². The van der Waals surface area contributed by atoms with Gasteiger partial charge >= 0.3 is 6.09 Å². The molecule has 0 fully saturated rings. The van der Waals surface area contributed by atoms with Crippen molar-refractivity contribution in [2.24, 2.45) is 0 Å². The van der Waals surface area contributed by atoms with Gasteiger partial charge < -0.3 is 14.8 Å².